The molecule has 4 aromatic carbocycles. The van der Waals surface area contributed by atoms with Crippen LogP contribution in [0.2, 0.25) is 0 Å². The van der Waals surface area contributed by atoms with E-state index in [0.29, 0.717) is 21.4 Å². The summed E-state index contributed by atoms with van der Waals surface area (Å²) in [5.41, 5.74) is 6.03. The number of benzene rings is 4. The first-order chi connectivity index (χ1) is 17.6. The Hall–Kier alpha value is -3.70. The van der Waals surface area contributed by atoms with Crippen molar-refractivity contribution in [2.45, 2.75) is 0 Å². The molecule has 0 spiro atoms. The number of nitrogens with two attached hydrogens (primary N) is 1. The molecule has 7 nitrogen and oxygen atoms in total. The molecule has 0 fully saturated rings. The highest BCUT2D eigenvalue weighted by molar-refractivity contribution is 7.93. The fourth-order valence-corrected chi connectivity index (χ4v) is 11.4. The van der Waals surface area contributed by atoms with E-state index in [0.717, 1.165) is 10.6 Å². The molecule has 0 amide bonds. The molecule has 5 rings (SSSR count). The molecular formula is C26H22N4O3P2S. The van der Waals surface area contributed by atoms with Crippen LogP contribution in [0.3, 0.4) is 0 Å². The van der Waals surface area contributed by atoms with Crippen LogP contribution in [0.4, 0.5) is 5.13 Å². The lowest BCUT2D eigenvalue weighted by Gasteiger charge is -2.26. The van der Waals surface area contributed by atoms with Crippen LogP contribution in [0.1, 0.15) is 0 Å². The van der Waals surface area contributed by atoms with Gasteiger partial charge >= 0.3 is 7.75 Å². The number of anilines is 1. The molecule has 10 heteroatoms. The average Bonchev–Trinajstić information content (AvgIpc) is 3.36. The third kappa shape index (κ3) is 5.12. The number of nitrogen functional groups attached to an aromatic ring is 1. The summed E-state index contributed by atoms with van der Waals surface area (Å²) in [5.74, 6) is 0.744. The summed E-state index contributed by atoms with van der Waals surface area (Å²) >= 11 is 1.22. The van der Waals surface area contributed by atoms with Crippen LogP contribution in [-0.2, 0) is 4.57 Å². The Morgan fingerprint density at radius 2 is 1.06 bits per heavy atom. The maximum atomic E-state index is 14.6. The van der Waals surface area contributed by atoms with Crippen LogP contribution in [0.5, 0.6) is 11.5 Å². The lowest BCUT2D eigenvalue weighted by molar-refractivity contribution is 0.388. The van der Waals surface area contributed by atoms with Crippen LogP contribution >= 0.6 is 26.1 Å². The number of hydrogen-bond acceptors (Lipinski definition) is 7. The van der Waals surface area contributed by atoms with E-state index in [-0.39, 0.29) is 0 Å². The van der Waals surface area contributed by atoms with Gasteiger partial charge in [-0.15, -0.1) is 10.2 Å². The number of para-hydroxylation sites is 2. The van der Waals surface area contributed by atoms with Gasteiger partial charge < -0.3 is 14.8 Å². The summed E-state index contributed by atoms with van der Waals surface area (Å²) in [6.07, 6.45) is 0. The highest BCUT2D eigenvalue weighted by atomic mass is 32.1. The fraction of sp³-hybridized carbons (Fsp3) is 0. The van der Waals surface area contributed by atoms with E-state index in [9.17, 15) is 4.57 Å². The van der Waals surface area contributed by atoms with Gasteiger partial charge in [0.05, 0.1) is 0 Å². The largest absolute Gasteiger partial charge is 0.562 e. The van der Waals surface area contributed by atoms with E-state index in [4.69, 9.17) is 19.3 Å². The third-order valence-electron chi connectivity index (χ3n) is 5.14. The van der Waals surface area contributed by atoms with Crippen LogP contribution < -0.4 is 30.1 Å². The summed E-state index contributed by atoms with van der Waals surface area (Å²) in [7, 11) is -7.25. The Labute approximate surface area is 213 Å². The average molecular weight is 533 g/mol. The standard InChI is InChI=1S/C26H22N4O3P2S/c27-25-28-29-26(36-25)34(23-17-9-3-10-18-23,24-19-11-4-12-20-24)30-35(31,32-21-13-5-1-6-14-21)33-22-15-7-2-8-16-22/h1-20H,(H2,27,28). The molecule has 36 heavy (non-hydrogen) atoms. The van der Waals surface area contributed by atoms with Crippen LogP contribution in [-0.4, -0.2) is 10.2 Å². The third-order valence-corrected chi connectivity index (χ3v) is 12.3. The van der Waals surface area contributed by atoms with Crippen molar-refractivity contribution in [3.8, 4) is 11.5 Å². The van der Waals surface area contributed by atoms with Crippen molar-refractivity contribution in [1.29, 1.82) is 0 Å². The van der Waals surface area contributed by atoms with Gasteiger partial charge in [0.1, 0.15) is 18.6 Å². The Morgan fingerprint density at radius 1 is 0.639 bits per heavy atom. The lowest BCUT2D eigenvalue weighted by atomic mass is 10.3. The molecular weight excluding hydrogens is 510 g/mol. The molecule has 0 aliphatic heterocycles. The monoisotopic (exact) mass is 532 g/mol. The van der Waals surface area contributed by atoms with Gasteiger partial charge in [-0.1, -0.05) is 108 Å². The highest BCUT2D eigenvalue weighted by Crippen LogP contribution is 2.61. The van der Waals surface area contributed by atoms with Gasteiger partial charge in [0, 0.05) is 10.6 Å². The molecule has 0 saturated carbocycles. The molecule has 180 valence electrons. The Kier molecular flexibility index (Phi) is 7.01. The summed E-state index contributed by atoms with van der Waals surface area (Å²) in [4.78, 5) is 0. The normalized spacial score (nSPS) is 11.6. The van der Waals surface area contributed by atoms with E-state index in [1.165, 1.54) is 11.3 Å². The predicted octanol–water partition coefficient (Wildman–Crippen LogP) is 5.86. The van der Waals surface area contributed by atoms with E-state index in [1.807, 2.05) is 72.8 Å². The molecule has 0 aliphatic carbocycles. The first-order valence-corrected chi connectivity index (χ1v) is 15.1. The van der Waals surface area contributed by atoms with Crippen molar-refractivity contribution < 1.29 is 13.6 Å². The number of hydrogen-bond donors (Lipinski definition) is 1. The minimum Gasteiger partial charge on any atom is -0.399 e. The lowest BCUT2D eigenvalue weighted by Crippen LogP contribution is -2.25. The number of aromatic nitrogens is 2. The van der Waals surface area contributed by atoms with Gasteiger partial charge in [-0.05, 0) is 24.3 Å². The molecule has 0 saturated heterocycles. The van der Waals surface area contributed by atoms with Gasteiger partial charge in [-0.25, -0.2) is 4.57 Å². The Bertz CT molecular complexity index is 1440. The van der Waals surface area contributed by atoms with Crippen LogP contribution in [0.15, 0.2) is 126 Å². The quantitative estimate of drug-likeness (QED) is 0.251. The van der Waals surface area contributed by atoms with E-state index >= 15 is 0 Å². The molecule has 1 heterocycles. The van der Waals surface area contributed by atoms with Gasteiger partial charge in [-0.3, -0.25) is 0 Å². The van der Waals surface area contributed by atoms with E-state index < -0.39 is 14.8 Å². The van der Waals surface area contributed by atoms with Gasteiger partial charge in [0.15, 0.2) is 4.75 Å². The van der Waals surface area contributed by atoms with Crippen LogP contribution in [0.25, 0.3) is 0 Å². The van der Waals surface area contributed by atoms with Crippen molar-refractivity contribution in [1.82, 2.24) is 10.2 Å². The first-order valence-electron chi connectivity index (χ1n) is 11.0. The second kappa shape index (κ2) is 10.5. The zero-order valence-electron chi connectivity index (χ0n) is 19.0. The molecule has 0 unspecified atom stereocenters. The van der Waals surface area contributed by atoms with Gasteiger partial charge in [0.2, 0.25) is 5.13 Å². The van der Waals surface area contributed by atoms with E-state index in [2.05, 4.69) is 10.2 Å². The second-order valence-corrected chi connectivity index (χ2v) is 13.7. The minimum absolute atomic E-state index is 0.291. The summed E-state index contributed by atoms with van der Waals surface area (Å²) < 4.78 is 32.3. The molecule has 0 bridgehead atoms. The molecule has 5 aromatic rings. The highest BCUT2D eigenvalue weighted by Gasteiger charge is 2.39. The van der Waals surface area contributed by atoms with Crippen molar-refractivity contribution >= 4 is 46.6 Å². The molecule has 2 N–H and O–H groups in total. The SMILES string of the molecule is Nc1nnc(P(=NP(=O)(Oc2ccccc2)Oc2ccccc2)(c2ccccc2)c2ccccc2)s1. The summed E-state index contributed by atoms with van der Waals surface area (Å²) in [6, 6.07) is 37.0. The maximum absolute atomic E-state index is 14.6. The zero-order chi connectivity index (χ0) is 24.8. The number of nitrogens with zero attached hydrogens (tertiary/aromatic N) is 3. The van der Waals surface area contributed by atoms with Gasteiger partial charge in [0.25, 0.3) is 0 Å². The van der Waals surface area contributed by atoms with Crippen molar-refractivity contribution in [3.05, 3.63) is 121 Å². The Balaban J connectivity index is 1.83. The molecule has 0 atom stereocenters. The second-order valence-electron chi connectivity index (χ2n) is 7.60. The molecule has 1 aromatic heterocycles. The van der Waals surface area contributed by atoms with Crippen molar-refractivity contribution in [3.63, 3.8) is 0 Å². The van der Waals surface area contributed by atoms with Crippen LogP contribution in [0, 0.1) is 0 Å². The Morgan fingerprint density at radius 3 is 1.44 bits per heavy atom. The van der Waals surface area contributed by atoms with E-state index in [1.54, 1.807) is 48.5 Å². The number of rotatable bonds is 8. The topological polar surface area (TPSA) is 99.7 Å². The smallest absolute Gasteiger partial charge is 0.399 e. The fourth-order valence-electron chi connectivity index (χ4n) is 3.60. The van der Waals surface area contributed by atoms with Gasteiger partial charge in [-0.2, -0.15) is 4.52 Å². The first kappa shape index (κ1) is 24.0. The maximum Gasteiger partial charge on any atom is 0.562 e. The minimum atomic E-state index is -4.20. The molecule has 0 aliphatic rings. The summed E-state index contributed by atoms with van der Waals surface area (Å²) in [5, 5.41) is 10.4. The predicted molar refractivity (Wildman–Crippen MR) is 147 cm³/mol. The zero-order valence-corrected chi connectivity index (χ0v) is 21.6. The van der Waals surface area contributed by atoms with Crippen molar-refractivity contribution in [2.75, 3.05) is 5.73 Å². The van der Waals surface area contributed by atoms with Crippen molar-refractivity contribution in [2.24, 2.45) is 4.52 Å². The summed E-state index contributed by atoms with van der Waals surface area (Å²) in [6.45, 7) is 0. The molecule has 0 radical (unpaired) electrons.